The highest BCUT2D eigenvalue weighted by molar-refractivity contribution is 5.86. The Hall–Kier alpha value is -0.810. The van der Waals surface area contributed by atoms with E-state index in [4.69, 9.17) is 0 Å². The molecule has 1 heterocycles. The molecule has 1 rings (SSSR count). The van der Waals surface area contributed by atoms with Crippen LogP contribution >= 0.6 is 12.4 Å². The maximum absolute atomic E-state index is 12.0. The minimum Gasteiger partial charge on any atom is -0.350 e. The van der Waals surface area contributed by atoms with E-state index in [1.165, 1.54) is 4.90 Å². The molecule has 1 aliphatic heterocycles. The molecule has 18 heavy (non-hydrogen) atoms. The molecular weight excluding hydrogens is 254 g/mol. The summed E-state index contributed by atoms with van der Waals surface area (Å²) in [5.74, 6) is -0.0270. The van der Waals surface area contributed by atoms with Gasteiger partial charge in [0.05, 0.1) is 12.5 Å². The number of amides is 2. The molecular formula is C12H24ClN3O2. The van der Waals surface area contributed by atoms with Crippen LogP contribution in [0, 0.1) is 5.92 Å². The Morgan fingerprint density at radius 1 is 1.39 bits per heavy atom. The van der Waals surface area contributed by atoms with Crippen molar-refractivity contribution in [3.8, 4) is 0 Å². The zero-order chi connectivity index (χ0) is 13.1. The Bertz CT molecular complexity index is 296. The van der Waals surface area contributed by atoms with Crippen molar-refractivity contribution < 1.29 is 9.59 Å². The fourth-order valence-corrected chi connectivity index (χ4v) is 1.93. The fourth-order valence-electron chi connectivity index (χ4n) is 1.93. The lowest BCUT2D eigenvalue weighted by atomic mass is 10.1. The van der Waals surface area contributed by atoms with Gasteiger partial charge in [0.1, 0.15) is 0 Å². The molecule has 0 saturated carbocycles. The van der Waals surface area contributed by atoms with Crippen molar-refractivity contribution in [2.45, 2.75) is 32.7 Å². The SMILES string of the molecule is CN(CC(=O)NC(C)(C)C)C(=O)C1CCNC1.Cl. The summed E-state index contributed by atoms with van der Waals surface area (Å²) >= 11 is 0. The zero-order valence-electron chi connectivity index (χ0n) is 11.6. The van der Waals surface area contributed by atoms with E-state index in [2.05, 4.69) is 10.6 Å². The molecule has 1 saturated heterocycles. The summed E-state index contributed by atoms with van der Waals surface area (Å²) < 4.78 is 0. The van der Waals surface area contributed by atoms with E-state index in [0.717, 1.165) is 19.5 Å². The molecule has 0 aromatic carbocycles. The Labute approximate surface area is 115 Å². The molecule has 1 aliphatic rings. The molecule has 0 radical (unpaired) electrons. The topological polar surface area (TPSA) is 61.4 Å². The highest BCUT2D eigenvalue weighted by Gasteiger charge is 2.26. The van der Waals surface area contributed by atoms with Gasteiger partial charge in [-0.3, -0.25) is 9.59 Å². The normalized spacial score (nSPS) is 19.0. The first kappa shape index (κ1) is 17.2. The van der Waals surface area contributed by atoms with E-state index in [1.54, 1.807) is 7.05 Å². The number of likely N-dealkylation sites (N-methyl/N-ethyl adjacent to an activating group) is 1. The Morgan fingerprint density at radius 2 is 2.00 bits per heavy atom. The minimum absolute atomic E-state index is 0. The molecule has 2 N–H and O–H groups in total. The van der Waals surface area contributed by atoms with Crippen LogP contribution in [0.25, 0.3) is 0 Å². The maximum atomic E-state index is 12.0. The van der Waals surface area contributed by atoms with Crippen molar-refractivity contribution >= 4 is 24.2 Å². The quantitative estimate of drug-likeness (QED) is 0.785. The van der Waals surface area contributed by atoms with Crippen LogP contribution in [0.3, 0.4) is 0 Å². The fraction of sp³-hybridized carbons (Fsp3) is 0.833. The average molecular weight is 278 g/mol. The summed E-state index contributed by atoms with van der Waals surface area (Å²) in [6, 6.07) is 0. The van der Waals surface area contributed by atoms with Crippen LogP contribution in [0.15, 0.2) is 0 Å². The monoisotopic (exact) mass is 277 g/mol. The third kappa shape index (κ3) is 5.69. The van der Waals surface area contributed by atoms with Crippen molar-refractivity contribution in [1.29, 1.82) is 0 Å². The smallest absolute Gasteiger partial charge is 0.240 e. The Balaban J connectivity index is 0.00000289. The molecule has 0 aromatic rings. The molecule has 0 aliphatic carbocycles. The second kappa shape index (κ2) is 6.95. The van der Waals surface area contributed by atoms with Gasteiger partial charge in [-0.1, -0.05) is 0 Å². The van der Waals surface area contributed by atoms with Crippen LogP contribution in [0.4, 0.5) is 0 Å². The minimum atomic E-state index is -0.254. The number of hydrogen-bond donors (Lipinski definition) is 2. The van der Waals surface area contributed by atoms with Crippen molar-refractivity contribution in [3.63, 3.8) is 0 Å². The lowest BCUT2D eigenvalue weighted by molar-refractivity contribution is -0.137. The molecule has 6 heteroatoms. The zero-order valence-corrected chi connectivity index (χ0v) is 12.4. The van der Waals surface area contributed by atoms with Gasteiger partial charge in [-0.15, -0.1) is 12.4 Å². The maximum Gasteiger partial charge on any atom is 0.240 e. The molecule has 2 amide bonds. The third-order valence-corrected chi connectivity index (χ3v) is 2.68. The van der Waals surface area contributed by atoms with Crippen LogP contribution in [-0.2, 0) is 9.59 Å². The Morgan fingerprint density at radius 3 is 2.44 bits per heavy atom. The third-order valence-electron chi connectivity index (χ3n) is 2.68. The molecule has 1 atom stereocenters. The van der Waals surface area contributed by atoms with Crippen LogP contribution < -0.4 is 10.6 Å². The lowest BCUT2D eigenvalue weighted by Crippen LogP contribution is -2.47. The predicted molar refractivity (Wildman–Crippen MR) is 73.8 cm³/mol. The highest BCUT2D eigenvalue weighted by atomic mass is 35.5. The lowest BCUT2D eigenvalue weighted by Gasteiger charge is -2.24. The van der Waals surface area contributed by atoms with E-state index < -0.39 is 0 Å². The number of carbonyl (C=O) groups excluding carboxylic acids is 2. The van der Waals surface area contributed by atoms with E-state index in [1.807, 2.05) is 20.8 Å². The van der Waals surface area contributed by atoms with Crippen molar-refractivity contribution in [2.24, 2.45) is 5.92 Å². The van der Waals surface area contributed by atoms with Gasteiger partial charge in [0, 0.05) is 19.1 Å². The number of carbonyl (C=O) groups is 2. The number of halogens is 1. The second-order valence-corrected chi connectivity index (χ2v) is 5.68. The standard InChI is InChI=1S/C12H23N3O2.ClH/c1-12(2,3)14-10(16)8-15(4)11(17)9-5-6-13-7-9;/h9,13H,5-8H2,1-4H3,(H,14,16);1H. The van der Waals surface area contributed by atoms with Gasteiger partial charge in [0.2, 0.25) is 11.8 Å². The first-order valence-electron chi connectivity index (χ1n) is 6.06. The summed E-state index contributed by atoms with van der Waals surface area (Å²) in [7, 11) is 1.68. The number of nitrogens with one attached hydrogen (secondary N) is 2. The molecule has 1 fully saturated rings. The molecule has 5 nitrogen and oxygen atoms in total. The van der Waals surface area contributed by atoms with Crippen LogP contribution in [0.2, 0.25) is 0 Å². The highest BCUT2D eigenvalue weighted by Crippen LogP contribution is 2.10. The average Bonchev–Trinajstić information content (AvgIpc) is 2.65. The van der Waals surface area contributed by atoms with Gasteiger partial charge in [-0.25, -0.2) is 0 Å². The predicted octanol–water partition coefficient (Wildman–Crippen LogP) is 0.391. The second-order valence-electron chi connectivity index (χ2n) is 5.68. The van der Waals surface area contributed by atoms with Gasteiger partial charge in [-0.05, 0) is 33.7 Å². The molecule has 0 spiro atoms. The van der Waals surface area contributed by atoms with Crippen LogP contribution in [0.5, 0.6) is 0 Å². The molecule has 0 aromatic heterocycles. The number of nitrogens with zero attached hydrogens (tertiary/aromatic N) is 1. The van der Waals surface area contributed by atoms with Crippen molar-refractivity contribution in [1.82, 2.24) is 15.5 Å². The summed E-state index contributed by atoms with van der Waals surface area (Å²) in [4.78, 5) is 25.1. The summed E-state index contributed by atoms with van der Waals surface area (Å²) in [5.41, 5.74) is -0.254. The van der Waals surface area contributed by atoms with Gasteiger partial charge < -0.3 is 15.5 Å². The number of hydrogen-bond acceptors (Lipinski definition) is 3. The van der Waals surface area contributed by atoms with Gasteiger partial charge in [0.25, 0.3) is 0 Å². The summed E-state index contributed by atoms with van der Waals surface area (Å²) in [6.45, 7) is 7.52. The first-order valence-corrected chi connectivity index (χ1v) is 6.06. The number of rotatable bonds is 3. The van der Waals surface area contributed by atoms with Crippen LogP contribution in [-0.4, -0.2) is 48.9 Å². The Kier molecular flexibility index (Phi) is 6.63. The van der Waals surface area contributed by atoms with Crippen LogP contribution in [0.1, 0.15) is 27.2 Å². The molecule has 0 bridgehead atoms. The van der Waals surface area contributed by atoms with Gasteiger partial charge in [0.15, 0.2) is 0 Å². The van der Waals surface area contributed by atoms with Crippen molar-refractivity contribution in [2.75, 3.05) is 26.7 Å². The van der Waals surface area contributed by atoms with E-state index in [0.29, 0.717) is 0 Å². The first-order chi connectivity index (χ1) is 7.79. The van der Waals surface area contributed by atoms with Gasteiger partial charge >= 0.3 is 0 Å². The van der Waals surface area contributed by atoms with E-state index in [9.17, 15) is 9.59 Å². The van der Waals surface area contributed by atoms with E-state index >= 15 is 0 Å². The largest absolute Gasteiger partial charge is 0.350 e. The summed E-state index contributed by atoms with van der Waals surface area (Å²) in [5, 5.41) is 6.00. The van der Waals surface area contributed by atoms with Crippen molar-refractivity contribution in [3.05, 3.63) is 0 Å². The summed E-state index contributed by atoms with van der Waals surface area (Å²) in [6.07, 6.45) is 0.865. The molecule has 106 valence electrons. The van der Waals surface area contributed by atoms with E-state index in [-0.39, 0.29) is 42.2 Å². The van der Waals surface area contributed by atoms with Gasteiger partial charge in [-0.2, -0.15) is 0 Å². The molecule has 1 unspecified atom stereocenters.